The Morgan fingerprint density at radius 3 is 2.48 bits per heavy atom. The highest BCUT2D eigenvalue weighted by atomic mass is 16.5. The SMILES string of the molecule is C[C@H](C(=O)NC[C@H]1CCCO1)N1CCC(N2CCCCC2)CC1. The summed E-state index contributed by atoms with van der Waals surface area (Å²) in [6.07, 6.45) is 8.99. The van der Waals surface area contributed by atoms with Gasteiger partial charge in [0, 0.05) is 32.3 Å². The normalized spacial score (nSPS) is 29.5. The molecule has 1 amide bonds. The van der Waals surface area contributed by atoms with Gasteiger partial charge in [0.25, 0.3) is 0 Å². The molecule has 5 nitrogen and oxygen atoms in total. The molecule has 3 heterocycles. The summed E-state index contributed by atoms with van der Waals surface area (Å²) in [7, 11) is 0. The van der Waals surface area contributed by atoms with E-state index in [1.807, 2.05) is 6.92 Å². The van der Waals surface area contributed by atoms with Gasteiger partial charge in [-0.3, -0.25) is 9.69 Å². The minimum absolute atomic E-state index is 0.0151. The highest BCUT2D eigenvalue weighted by molar-refractivity contribution is 5.81. The van der Waals surface area contributed by atoms with Gasteiger partial charge < -0.3 is 15.0 Å². The van der Waals surface area contributed by atoms with E-state index in [1.165, 1.54) is 45.2 Å². The highest BCUT2D eigenvalue weighted by Crippen LogP contribution is 2.22. The molecule has 2 atom stereocenters. The maximum Gasteiger partial charge on any atom is 0.237 e. The Balaban J connectivity index is 1.38. The molecule has 5 heteroatoms. The van der Waals surface area contributed by atoms with Gasteiger partial charge in [0.1, 0.15) is 0 Å². The van der Waals surface area contributed by atoms with Crippen molar-refractivity contribution >= 4 is 5.91 Å². The molecular weight excluding hydrogens is 290 g/mol. The summed E-state index contributed by atoms with van der Waals surface area (Å²) in [6, 6.07) is 0.729. The largest absolute Gasteiger partial charge is 0.376 e. The van der Waals surface area contributed by atoms with Crippen LogP contribution < -0.4 is 5.32 Å². The molecule has 0 aromatic heterocycles. The first kappa shape index (κ1) is 17.2. The van der Waals surface area contributed by atoms with Crippen LogP contribution in [-0.4, -0.2) is 73.2 Å². The zero-order valence-corrected chi connectivity index (χ0v) is 14.6. The molecule has 3 aliphatic rings. The molecule has 0 unspecified atom stereocenters. The van der Waals surface area contributed by atoms with Gasteiger partial charge in [-0.15, -0.1) is 0 Å². The molecule has 0 spiro atoms. The fourth-order valence-corrected chi connectivity index (χ4v) is 4.26. The Hall–Kier alpha value is -0.650. The van der Waals surface area contributed by atoms with Crippen LogP contribution >= 0.6 is 0 Å². The van der Waals surface area contributed by atoms with E-state index in [2.05, 4.69) is 15.1 Å². The molecule has 3 rings (SSSR count). The van der Waals surface area contributed by atoms with Crippen LogP contribution in [0, 0.1) is 0 Å². The molecule has 23 heavy (non-hydrogen) atoms. The Labute approximate surface area is 140 Å². The molecule has 132 valence electrons. The summed E-state index contributed by atoms with van der Waals surface area (Å²) in [5.41, 5.74) is 0. The second kappa shape index (κ2) is 8.45. The van der Waals surface area contributed by atoms with Gasteiger partial charge in [0.15, 0.2) is 0 Å². The van der Waals surface area contributed by atoms with Crippen molar-refractivity contribution in [2.75, 3.05) is 39.3 Å². The van der Waals surface area contributed by atoms with Crippen molar-refractivity contribution in [1.29, 1.82) is 0 Å². The second-order valence-corrected chi connectivity index (χ2v) is 7.42. The Morgan fingerprint density at radius 2 is 1.83 bits per heavy atom. The van der Waals surface area contributed by atoms with E-state index >= 15 is 0 Å². The van der Waals surface area contributed by atoms with Crippen LogP contribution in [0.2, 0.25) is 0 Å². The lowest BCUT2D eigenvalue weighted by Crippen LogP contribution is -2.52. The number of rotatable bonds is 5. The van der Waals surface area contributed by atoms with Crippen LogP contribution in [0.1, 0.15) is 51.9 Å². The molecule has 0 aromatic carbocycles. The maximum absolute atomic E-state index is 12.4. The molecule has 0 aliphatic carbocycles. The minimum atomic E-state index is -0.0151. The lowest BCUT2D eigenvalue weighted by Gasteiger charge is -2.41. The van der Waals surface area contributed by atoms with Crippen molar-refractivity contribution in [3.8, 4) is 0 Å². The van der Waals surface area contributed by atoms with Gasteiger partial charge in [-0.05, 0) is 58.5 Å². The highest BCUT2D eigenvalue weighted by Gasteiger charge is 2.30. The van der Waals surface area contributed by atoms with E-state index in [9.17, 15) is 4.79 Å². The van der Waals surface area contributed by atoms with E-state index in [4.69, 9.17) is 4.74 Å². The molecule has 0 radical (unpaired) electrons. The molecule has 3 fully saturated rings. The average Bonchev–Trinajstić information content (AvgIpc) is 3.13. The van der Waals surface area contributed by atoms with Crippen LogP contribution in [-0.2, 0) is 9.53 Å². The van der Waals surface area contributed by atoms with Gasteiger partial charge in [-0.25, -0.2) is 0 Å². The third-order valence-electron chi connectivity index (χ3n) is 5.86. The zero-order valence-electron chi connectivity index (χ0n) is 14.6. The number of likely N-dealkylation sites (tertiary alicyclic amines) is 2. The number of amides is 1. The van der Waals surface area contributed by atoms with Gasteiger partial charge in [0.05, 0.1) is 12.1 Å². The van der Waals surface area contributed by atoms with E-state index in [0.29, 0.717) is 6.54 Å². The number of ether oxygens (including phenoxy) is 1. The summed E-state index contributed by atoms with van der Waals surface area (Å²) >= 11 is 0. The molecule has 3 aliphatic heterocycles. The zero-order chi connectivity index (χ0) is 16.1. The number of nitrogens with zero attached hydrogens (tertiary/aromatic N) is 2. The quantitative estimate of drug-likeness (QED) is 0.835. The number of hydrogen-bond donors (Lipinski definition) is 1. The molecule has 3 saturated heterocycles. The third-order valence-corrected chi connectivity index (χ3v) is 5.86. The van der Waals surface area contributed by atoms with E-state index in [1.54, 1.807) is 0 Å². The Morgan fingerprint density at radius 1 is 1.09 bits per heavy atom. The first-order valence-corrected chi connectivity index (χ1v) is 9.61. The minimum Gasteiger partial charge on any atom is -0.376 e. The van der Waals surface area contributed by atoms with Crippen molar-refractivity contribution in [2.24, 2.45) is 0 Å². The fraction of sp³-hybridized carbons (Fsp3) is 0.944. The van der Waals surface area contributed by atoms with Crippen molar-refractivity contribution in [2.45, 2.75) is 70.1 Å². The van der Waals surface area contributed by atoms with E-state index in [-0.39, 0.29) is 18.1 Å². The van der Waals surface area contributed by atoms with E-state index < -0.39 is 0 Å². The number of carbonyl (C=O) groups excluding carboxylic acids is 1. The Kier molecular flexibility index (Phi) is 6.31. The van der Waals surface area contributed by atoms with Crippen LogP contribution in [0.4, 0.5) is 0 Å². The van der Waals surface area contributed by atoms with Crippen molar-refractivity contribution in [1.82, 2.24) is 15.1 Å². The monoisotopic (exact) mass is 323 g/mol. The molecule has 0 aromatic rings. The van der Waals surface area contributed by atoms with Crippen LogP contribution in [0.5, 0.6) is 0 Å². The summed E-state index contributed by atoms with van der Waals surface area (Å²) in [6.45, 7) is 8.23. The standard InChI is InChI=1S/C18H33N3O2/c1-15(18(22)19-14-17-6-5-13-23-17)20-11-7-16(8-12-20)21-9-3-2-4-10-21/h15-17H,2-14H2,1H3,(H,19,22)/t15-,17-/m1/s1. The van der Waals surface area contributed by atoms with Crippen molar-refractivity contribution in [3.05, 3.63) is 0 Å². The fourth-order valence-electron chi connectivity index (χ4n) is 4.26. The predicted molar refractivity (Wildman–Crippen MR) is 91.5 cm³/mol. The van der Waals surface area contributed by atoms with Crippen LogP contribution in [0.25, 0.3) is 0 Å². The predicted octanol–water partition coefficient (Wildman–Crippen LogP) is 1.62. The lowest BCUT2D eigenvalue weighted by atomic mass is 9.99. The summed E-state index contributed by atoms with van der Waals surface area (Å²) in [5, 5.41) is 3.08. The van der Waals surface area contributed by atoms with Gasteiger partial charge in [-0.2, -0.15) is 0 Å². The summed E-state index contributed by atoms with van der Waals surface area (Å²) in [5.74, 6) is 0.164. The maximum atomic E-state index is 12.4. The van der Waals surface area contributed by atoms with Crippen molar-refractivity contribution in [3.63, 3.8) is 0 Å². The second-order valence-electron chi connectivity index (χ2n) is 7.42. The topological polar surface area (TPSA) is 44.8 Å². The van der Waals surface area contributed by atoms with Gasteiger partial charge in [0.2, 0.25) is 5.91 Å². The number of carbonyl (C=O) groups is 1. The molecule has 0 saturated carbocycles. The first-order valence-electron chi connectivity index (χ1n) is 9.61. The van der Waals surface area contributed by atoms with Gasteiger partial charge >= 0.3 is 0 Å². The molecular formula is C18H33N3O2. The Bertz CT molecular complexity index is 370. The third kappa shape index (κ3) is 4.68. The summed E-state index contributed by atoms with van der Waals surface area (Å²) < 4.78 is 5.58. The summed E-state index contributed by atoms with van der Waals surface area (Å²) in [4.78, 5) is 17.4. The van der Waals surface area contributed by atoms with E-state index in [0.717, 1.165) is 38.6 Å². The van der Waals surface area contributed by atoms with Crippen molar-refractivity contribution < 1.29 is 9.53 Å². The smallest absolute Gasteiger partial charge is 0.237 e. The van der Waals surface area contributed by atoms with Gasteiger partial charge in [-0.1, -0.05) is 6.42 Å². The van der Waals surface area contributed by atoms with Crippen LogP contribution in [0.15, 0.2) is 0 Å². The molecule has 0 bridgehead atoms. The number of nitrogens with one attached hydrogen (secondary N) is 1. The lowest BCUT2D eigenvalue weighted by molar-refractivity contribution is -0.127. The first-order chi connectivity index (χ1) is 11.2. The van der Waals surface area contributed by atoms with Crippen LogP contribution in [0.3, 0.4) is 0 Å². The average molecular weight is 323 g/mol. The number of piperidine rings is 2. The molecule has 1 N–H and O–H groups in total. The number of hydrogen-bond acceptors (Lipinski definition) is 4.